The molecule has 0 amide bonds. The van der Waals surface area contributed by atoms with Gasteiger partial charge in [0.1, 0.15) is 5.75 Å². The second kappa shape index (κ2) is 7.28. The average Bonchev–Trinajstić information content (AvgIpc) is 2.34. The minimum absolute atomic E-state index is 0.0215. The summed E-state index contributed by atoms with van der Waals surface area (Å²) in [6.45, 7) is -0.432. The average molecular weight is 260 g/mol. The number of hydrogen-bond acceptors (Lipinski definition) is 3. The summed E-state index contributed by atoms with van der Waals surface area (Å²) in [4.78, 5) is 0. The van der Waals surface area contributed by atoms with Gasteiger partial charge in [0.25, 0.3) is 0 Å². The Morgan fingerprint density at radius 3 is 2.67 bits per heavy atom. The summed E-state index contributed by atoms with van der Waals surface area (Å²) in [6, 6.07) is 6.13. The van der Waals surface area contributed by atoms with Crippen LogP contribution in [0, 0.1) is 5.92 Å². The molecule has 0 fully saturated rings. The van der Waals surface area contributed by atoms with Gasteiger partial charge in [-0.25, -0.2) is 0 Å². The van der Waals surface area contributed by atoms with Gasteiger partial charge in [0.2, 0.25) is 0 Å². The van der Waals surface area contributed by atoms with Crippen LogP contribution in [0.3, 0.4) is 0 Å². The first-order valence-corrected chi connectivity index (χ1v) is 5.76. The molecule has 0 saturated heterocycles. The Labute approximate surface area is 105 Å². The van der Waals surface area contributed by atoms with Crippen LogP contribution in [0.4, 0.5) is 8.78 Å². The molecule has 3 nitrogen and oxygen atoms in total. The van der Waals surface area contributed by atoms with Crippen molar-refractivity contribution >= 4 is 0 Å². The van der Waals surface area contributed by atoms with E-state index in [9.17, 15) is 13.9 Å². The smallest absolute Gasteiger partial charge is 0.387 e. The number of ether oxygens (including phenoxy) is 2. The van der Waals surface area contributed by atoms with E-state index < -0.39 is 12.7 Å². The summed E-state index contributed by atoms with van der Waals surface area (Å²) in [5.41, 5.74) is 0.566. The third-order valence-electron chi connectivity index (χ3n) is 2.74. The van der Waals surface area contributed by atoms with Gasteiger partial charge in [-0.1, -0.05) is 19.1 Å². The molecule has 102 valence electrons. The molecular weight excluding hydrogens is 242 g/mol. The van der Waals surface area contributed by atoms with Crippen LogP contribution in [0.15, 0.2) is 24.3 Å². The van der Waals surface area contributed by atoms with Crippen LogP contribution in [-0.2, 0) is 4.74 Å². The van der Waals surface area contributed by atoms with E-state index in [0.717, 1.165) is 0 Å². The zero-order chi connectivity index (χ0) is 13.5. The third-order valence-corrected chi connectivity index (χ3v) is 2.74. The van der Waals surface area contributed by atoms with E-state index in [1.165, 1.54) is 12.1 Å². The Balaban J connectivity index is 2.69. The second-order valence-electron chi connectivity index (χ2n) is 4.15. The summed E-state index contributed by atoms with van der Waals surface area (Å²) < 4.78 is 33.4. The van der Waals surface area contributed by atoms with Gasteiger partial charge in [-0.3, -0.25) is 0 Å². The van der Waals surface area contributed by atoms with E-state index >= 15 is 0 Å². The van der Waals surface area contributed by atoms with E-state index in [0.29, 0.717) is 18.6 Å². The number of benzene rings is 1. The fourth-order valence-corrected chi connectivity index (χ4v) is 1.66. The lowest BCUT2D eigenvalue weighted by molar-refractivity contribution is -0.0500. The molecule has 1 N–H and O–H groups in total. The molecule has 0 aliphatic carbocycles. The summed E-state index contributed by atoms with van der Waals surface area (Å²) in [6.07, 6.45) is -0.0289. The molecule has 1 aromatic rings. The van der Waals surface area contributed by atoms with Gasteiger partial charge in [0.15, 0.2) is 0 Å². The van der Waals surface area contributed by atoms with Crippen LogP contribution in [0.1, 0.15) is 25.0 Å². The van der Waals surface area contributed by atoms with Crippen molar-refractivity contribution in [1.82, 2.24) is 0 Å². The summed E-state index contributed by atoms with van der Waals surface area (Å²) in [5.74, 6) is 0.0345. The summed E-state index contributed by atoms with van der Waals surface area (Å²) >= 11 is 0. The Morgan fingerprint density at radius 1 is 1.33 bits per heavy atom. The van der Waals surface area contributed by atoms with Crippen LogP contribution in [0.25, 0.3) is 0 Å². The standard InChI is InChI=1S/C13H18F2O3/c1-9(6-7-17-2)12(16)10-4-3-5-11(8-10)18-13(14)15/h3-5,8-9,12-13,16H,6-7H2,1-2H3. The number of hydrogen-bond donors (Lipinski definition) is 1. The lowest BCUT2D eigenvalue weighted by Gasteiger charge is -2.19. The molecule has 2 unspecified atom stereocenters. The number of aliphatic hydroxyl groups is 1. The molecule has 0 spiro atoms. The zero-order valence-corrected chi connectivity index (χ0v) is 10.5. The fraction of sp³-hybridized carbons (Fsp3) is 0.538. The highest BCUT2D eigenvalue weighted by Gasteiger charge is 2.17. The Bertz CT molecular complexity index is 358. The van der Waals surface area contributed by atoms with Crippen molar-refractivity contribution in [1.29, 1.82) is 0 Å². The SMILES string of the molecule is COCCC(C)C(O)c1cccc(OC(F)F)c1. The van der Waals surface area contributed by atoms with Crippen LogP contribution in [0.5, 0.6) is 5.75 Å². The number of rotatable bonds is 7. The first kappa shape index (κ1) is 14.9. The third kappa shape index (κ3) is 4.58. The minimum atomic E-state index is -2.86. The van der Waals surface area contributed by atoms with Gasteiger partial charge in [0, 0.05) is 13.7 Å². The fourth-order valence-electron chi connectivity index (χ4n) is 1.66. The van der Waals surface area contributed by atoms with Gasteiger partial charge in [-0.2, -0.15) is 8.78 Å². The maximum Gasteiger partial charge on any atom is 0.387 e. The van der Waals surface area contributed by atoms with Gasteiger partial charge in [-0.05, 0) is 30.0 Å². The Hall–Kier alpha value is -1.20. The summed E-state index contributed by atoms with van der Waals surface area (Å²) in [5, 5.41) is 10.1. The number of methoxy groups -OCH3 is 1. The summed E-state index contributed by atoms with van der Waals surface area (Å²) in [7, 11) is 1.59. The molecule has 0 aliphatic rings. The van der Waals surface area contributed by atoms with E-state index in [2.05, 4.69) is 4.74 Å². The highest BCUT2D eigenvalue weighted by atomic mass is 19.3. The van der Waals surface area contributed by atoms with Crippen molar-refractivity contribution in [2.45, 2.75) is 26.1 Å². The predicted molar refractivity (Wildman–Crippen MR) is 63.7 cm³/mol. The first-order chi connectivity index (χ1) is 8.54. The minimum Gasteiger partial charge on any atom is -0.435 e. The molecule has 0 aliphatic heterocycles. The van der Waals surface area contributed by atoms with Crippen molar-refractivity contribution in [3.05, 3.63) is 29.8 Å². The Kier molecular flexibility index (Phi) is 6.01. The molecule has 0 saturated carbocycles. The maximum atomic E-state index is 12.1. The van der Waals surface area contributed by atoms with Crippen molar-refractivity contribution < 1.29 is 23.4 Å². The quantitative estimate of drug-likeness (QED) is 0.819. The normalized spacial score (nSPS) is 14.6. The first-order valence-electron chi connectivity index (χ1n) is 5.76. The van der Waals surface area contributed by atoms with E-state index in [1.54, 1.807) is 19.2 Å². The Morgan fingerprint density at radius 2 is 2.06 bits per heavy atom. The monoisotopic (exact) mass is 260 g/mol. The van der Waals surface area contributed by atoms with Crippen molar-refractivity contribution in [3.8, 4) is 5.75 Å². The maximum absolute atomic E-state index is 12.1. The topological polar surface area (TPSA) is 38.7 Å². The molecule has 1 aromatic carbocycles. The van der Waals surface area contributed by atoms with Crippen LogP contribution in [0.2, 0.25) is 0 Å². The van der Waals surface area contributed by atoms with Gasteiger partial charge in [-0.15, -0.1) is 0 Å². The highest BCUT2D eigenvalue weighted by Crippen LogP contribution is 2.27. The van der Waals surface area contributed by atoms with Gasteiger partial charge in [0.05, 0.1) is 6.10 Å². The van der Waals surface area contributed by atoms with Gasteiger partial charge >= 0.3 is 6.61 Å². The molecule has 2 atom stereocenters. The number of aliphatic hydroxyl groups excluding tert-OH is 1. The van der Waals surface area contributed by atoms with E-state index in [1.807, 2.05) is 6.92 Å². The van der Waals surface area contributed by atoms with Crippen molar-refractivity contribution in [2.75, 3.05) is 13.7 Å². The zero-order valence-electron chi connectivity index (χ0n) is 10.5. The van der Waals surface area contributed by atoms with Crippen LogP contribution >= 0.6 is 0 Å². The lowest BCUT2D eigenvalue weighted by Crippen LogP contribution is -2.12. The molecule has 5 heteroatoms. The van der Waals surface area contributed by atoms with Crippen LogP contribution in [-0.4, -0.2) is 25.4 Å². The molecule has 1 rings (SSSR count). The van der Waals surface area contributed by atoms with E-state index in [4.69, 9.17) is 4.74 Å². The van der Waals surface area contributed by atoms with E-state index in [-0.39, 0.29) is 11.7 Å². The number of alkyl halides is 2. The lowest BCUT2D eigenvalue weighted by atomic mass is 9.95. The van der Waals surface area contributed by atoms with Crippen molar-refractivity contribution in [2.24, 2.45) is 5.92 Å². The molecule has 0 heterocycles. The van der Waals surface area contributed by atoms with Crippen molar-refractivity contribution in [3.63, 3.8) is 0 Å². The number of halogens is 2. The second-order valence-corrected chi connectivity index (χ2v) is 4.15. The molecular formula is C13H18F2O3. The molecule has 0 radical (unpaired) electrons. The van der Waals surface area contributed by atoms with Gasteiger partial charge < -0.3 is 14.6 Å². The molecule has 0 bridgehead atoms. The molecule has 0 aromatic heterocycles. The van der Waals surface area contributed by atoms with Crippen LogP contribution < -0.4 is 4.74 Å². The predicted octanol–water partition coefficient (Wildman–Crippen LogP) is 2.99. The molecule has 18 heavy (non-hydrogen) atoms. The largest absolute Gasteiger partial charge is 0.435 e. The highest BCUT2D eigenvalue weighted by molar-refractivity contribution is 5.30.